The minimum atomic E-state index is -1.08. The Kier molecular flexibility index (Phi) is 5.58. The second-order valence-corrected chi connectivity index (χ2v) is 5.39. The van der Waals surface area contributed by atoms with Crippen LogP contribution in [0.2, 0.25) is 0 Å². The Morgan fingerprint density at radius 3 is 2.42 bits per heavy atom. The van der Waals surface area contributed by atoms with Crippen molar-refractivity contribution < 1.29 is 38.8 Å². The van der Waals surface area contributed by atoms with Gasteiger partial charge in [0.1, 0.15) is 6.10 Å². The molecule has 0 unspecified atom stereocenters. The third-order valence-electron chi connectivity index (χ3n) is 3.56. The molecule has 132 valence electrons. The van der Waals surface area contributed by atoms with Gasteiger partial charge >= 0.3 is 17.9 Å². The van der Waals surface area contributed by atoms with E-state index >= 15 is 0 Å². The van der Waals surface area contributed by atoms with Crippen molar-refractivity contribution in [3.05, 3.63) is 24.0 Å². The van der Waals surface area contributed by atoms with Crippen molar-refractivity contribution in [1.29, 1.82) is 0 Å². The minimum absolute atomic E-state index is 0.124. The molecule has 0 aromatic carbocycles. The second-order valence-electron chi connectivity index (χ2n) is 5.39. The molecule has 0 aliphatic carbocycles. The Balaban J connectivity index is 2.30. The summed E-state index contributed by atoms with van der Waals surface area (Å²) in [6.45, 7) is 1.92. The van der Waals surface area contributed by atoms with Crippen LogP contribution < -0.4 is 0 Å². The average Bonchev–Trinajstić information content (AvgIpc) is 2.84. The molecule has 9 nitrogen and oxygen atoms in total. The summed E-state index contributed by atoms with van der Waals surface area (Å²) in [7, 11) is 0. The first kappa shape index (κ1) is 18.0. The highest BCUT2D eigenvalue weighted by Crippen LogP contribution is 2.31. The number of carboxylic acid groups (broad SMARTS) is 1. The van der Waals surface area contributed by atoms with Crippen molar-refractivity contribution in [1.82, 2.24) is 4.90 Å². The Labute approximate surface area is 138 Å². The molecular formula is C15H19NO8. The summed E-state index contributed by atoms with van der Waals surface area (Å²) < 4.78 is 16.0. The van der Waals surface area contributed by atoms with Gasteiger partial charge in [-0.05, 0) is 0 Å². The van der Waals surface area contributed by atoms with E-state index in [0.717, 1.165) is 0 Å². The van der Waals surface area contributed by atoms with Crippen molar-refractivity contribution >= 4 is 17.9 Å². The molecule has 0 aromatic rings. The largest absolute Gasteiger partial charge is 0.478 e. The molecule has 2 heterocycles. The number of nitrogens with zero attached hydrogens (tertiary/aromatic N) is 1. The van der Waals surface area contributed by atoms with Crippen molar-refractivity contribution in [2.45, 2.75) is 44.8 Å². The van der Waals surface area contributed by atoms with Gasteiger partial charge in [0.05, 0.1) is 12.2 Å². The van der Waals surface area contributed by atoms with Crippen LogP contribution in [-0.4, -0.2) is 64.2 Å². The summed E-state index contributed by atoms with van der Waals surface area (Å²) in [4.78, 5) is 35.3. The van der Waals surface area contributed by atoms with Crippen molar-refractivity contribution in [3.63, 3.8) is 0 Å². The SMILES string of the molecule is CC(=O)O[C@@H]1[C@H](OC(C)=O)[C@@H](CO)O[C@H]1N1C=CCC(C(=O)O)=C1. The monoisotopic (exact) mass is 341 g/mol. The molecule has 2 aliphatic heterocycles. The number of hydrogen-bond acceptors (Lipinski definition) is 8. The summed E-state index contributed by atoms with van der Waals surface area (Å²) in [5.74, 6) is -2.31. The third-order valence-corrected chi connectivity index (χ3v) is 3.56. The number of esters is 2. The van der Waals surface area contributed by atoms with Gasteiger partial charge < -0.3 is 29.3 Å². The molecule has 2 rings (SSSR count). The van der Waals surface area contributed by atoms with E-state index in [9.17, 15) is 19.5 Å². The lowest BCUT2D eigenvalue weighted by Crippen LogP contribution is -2.44. The van der Waals surface area contributed by atoms with Crippen LogP contribution in [0, 0.1) is 0 Å². The highest BCUT2D eigenvalue weighted by atomic mass is 16.6. The maximum absolute atomic E-state index is 11.4. The minimum Gasteiger partial charge on any atom is -0.478 e. The van der Waals surface area contributed by atoms with Crippen LogP contribution in [0.25, 0.3) is 0 Å². The molecule has 0 amide bonds. The smallest absolute Gasteiger partial charge is 0.333 e. The van der Waals surface area contributed by atoms with Gasteiger partial charge in [0.2, 0.25) is 0 Å². The van der Waals surface area contributed by atoms with Gasteiger partial charge in [0.15, 0.2) is 18.4 Å². The molecule has 24 heavy (non-hydrogen) atoms. The maximum atomic E-state index is 11.4. The number of carbonyl (C=O) groups excluding carboxylic acids is 2. The average molecular weight is 341 g/mol. The molecule has 1 saturated heterocycles. The molecule has 0 saturated carbocycles. The van der Waals surface area contributed by atoms with Gasteiger partial charge in [-0.2, -0.15) is 0 Å². The highest BCUT2D eigenvalue weighted by molar-refractivity contribution is 5.87. The highest BCUT2D eigenvalue weighted by Gasteiger charge is 2.50. The van der Waals surface area contributed by atoms with Gasteiger partial charge in [-0.3, -0.25) is 9.59 Å². The zero-order valence-corrected chi connectivity index (χ0v) is 13.2. The van der Waals surface area contributed by atoms with Crippen LogP contribution in [0.5, 0.6) is 0 Å². The Morgan fingerprint density at radius 2 is 1.88 bits per heavy atom. The molecule has 9 heteroatoms. The van der Waals surface area contributed by atoms with Crippen LogP contribution in [0.4, 0.5) is 0 Å². The van der Waals surface area contributed by atoms with E-state index < -0.39 is 49.1 Å². The van der Waals surface area contributed by atoms with E-state index in [-0.39, 0.29) is 12.0 Å². The summed E-state index contributed by atoms with van der Waals surface area (Å²) in [5, 5.41) is 18.6. The number of ether oxygens (including phenoxy) is 3. The summed E-state index contributed by atoms with van der Waals surface area (Å²) in [6, 6.07) is 0. The predicted octanol–water partition coefficient (Wildman–Crippen LogP) is -0.245. The molecule has 2 N–H and O–H groups in total. The Morgan fingerprint density at radius 1 is 1.25 bits per heavy atom. The standard InChI is InChI=1S/C15H19NO8/c1-8(18)22-12-11(7-17)24-14(13(12)23-9(2)19)16-5-3-4-10(6-16)15(20)21/h3,5-6,11-14,17H,4,7H2,1-2H3,(H,20,21)/t11-,12-,13-,14-/m1/s1. The normalized spacial score (nSPS) is 29.1. The zero-order valence-electron chi connectivity index (χ0n) is 13.2. The number of carbonyl (C=O) groups is 3. The first-order valence-corrected chi connectivity index (χ1v) is 7.32. The Bertz CT molecular complexity index is 584. The number of carboxylic acids is 1. The number of aliphatic carboxylic acids is 1. The lowest BCUT2D eigenvalue weighted by Gasteiger charge is -2.30. The molecule has 0 radical (unpaired) electrons. The molecule has 0 spiro atoms. The van der Waals surface area contributed by atoms with Crippen LogP contribution in [0.1, 0.15) is 20.3 Å². The fraction of sp³-hybridized carbons (Fsp3) is 0.533. The predicted molar refractivity (Wildman–Crippen MR) is 78.2 cm³/mol. The fourth-order valence-corrected chi connectivity index (χ4v) is 2.62. The van der Waals surface area contributed by atoms with Gasteiger partial charge in [0.25, 0.3) is 0 Å². The number of allylic oxidation sites excluding steroid dienone is 1. The first-order valence-electron chi connectivity index (χ1n) is 7.32. The molecule has 2 aliphatic rings. The van der Waals surface area contributed by atoms with Gasteiger partial charge in [-0.1, -0.05) is 6.08 Å². The van der Waals surface area contributed by atoms with E-state index in [1.807, 2.05) is 0 Å². The lowest BCUT2D eigenvalue weighted by molar-refractivity contribution is -0.166. The third kappa shape index (κ3) is 3.92. The van der Waals surface area contributed by atoms with Gasteiger partial charge in [-0.25, -0.2) is 4.79 Å². The van der Waals surface area contributed by atoms with Crippen LogP contribution in [0.3, 0.4) is 0 Å². The van der Waals surface area contributed by atoms with Crippen LogP contribution >= 0.6 is 0 Å². The van der Waals surface area contributed by atoms with Crippen molar-refractivity contribution in [2.24, 2.45) is 0 Å². The molecule has 1 fully saturated rings. The van der Waals surface area contributed by atoms with E-state index in [1.165, 1.54) is 24.9 Å². The van der Waals surface area contributed by atoms with Crippen molar-refractivity contribution in [3.8, 4) is 0 Å². The summed E-state index contributed by atoms with van der Waals surface area (Å²) in [6.07, 6.45) is 0.947. The number of hydrogen-bond donors (Lipinski definition) is 2. The fourth-order valence-electron chi connectivity index (χ4n) is 2.62. The van der Waals surface area contributed by atoms with Crippen LogP contribution in [0.15, 0.2) is 24.0 Å². The molecular weight excluding hydrogens is 322 g/mol. The van der Waals surface area contributed by atoms with E-state index in [4.69, 9.17) is 19.3 Å². The summed E-state index contributed by atoms with van der Waals surface area (Å²) in [5.41, 5.74) is 0.124. The van der Waals surface area contributed by atoms with Crippen molar-refractivity contribution in [2.75, 3.05) is 6.61 Å². The van der Waals surface area contributed by atoms with Gasteiger partial charge in [0, 0.05) is 32.7 Å². The first-order chi connectivity index (χ1) is 11.3. The number of aliphatic hydroxyl groups is 1. The topological polar surface area (TPSA) is 123 Å². The van der Waals surface area contributed by atoms with E-state index in [1.54, 1.807) is 12.3 Å². The van der Waals surface area contributed by atoms with E-state index in [0.29, 0.717) is 0 Å². The Hall–Kier alpha value is -2.39. The number of rotatable bonds is 5. The molecule has 0 aromatic heterocycles. The zero-order chi connectivity index (χ0) is 17.9. The lowest BCUT2D eigenvalue weighted by atomic mass is 10.1. The van der Waals surface area contributed by atoms with Crippen LogP contribution in [-0.2, 0) is 28.6 Å². The molecule has 4 atom stereocenters. The summed E-state index contributed by atoms with van der Waals surface area (Å²) >= 11 is 0. The second kappa shape index (κ2) is 7.45. The quantitative estimate of drug-likeness (QED) is 0.652. The number of aliphatic hydroxyl groups excluding tert-OH is 1. The van der Waals surface area contributed by atoms with Gasteiger partial charge in [-0.15, -0.1) is 0 Å². The molecule has 0 bridgehead atoms. The maximum Gasteiger partial charge on any atom is 0.333 e. The van der Waals surface area contributed by atoms with E-state index in [2.05, 4.69) is 0 Å².